The number of benzene rings is 2. The molecule has 0 saturated heterocycles. The average Bonchev–Trinajstić information content (AvgIpc) is 3.20. The molecule has 0 saturated carbocycles. The standard InChI is InChI=1S/C20H16N4O/c21-14-18-5-2-1-4-17(18)8-11-20(25)22-15-16-6-9-19(10-7-16)24-13-3-12-23-24/h1-13H,15H2,(H,22,25)/b11-8+. The Kier molecular flexibility index (Phi) is 5.03. The van der Waals surface area contributed by atoms with E-state index in [9.17, 15) is 4.79 Å². The quantitative estimate of drug-likeness (QED) is 0.732. The number of carbonyl (C=O) groups is 1. The third-order valence-corrected chi connectivity index (χ3v) is 3.67. The normalized spacial score (nSPS) is 10.5. The molecule has 0 aliphatic heterocycles. The number of carbonyl (C=O) groups excluding carboxylic acids is 1. The highest BCUT2D eigenvalue weighted by atomic mass is 16.1. The minimum absolute atomic E-state index is 0.205. The molecule has 0 unspecified atom stereocenters. The highest BCUT2D eigenvalue weighted by Gasteiger charge is 2.01. The third-order valence-electron chi connectivity index (χ3n) is 3.67. The summed E-state index contributed by atoms with van der Waals surface area (Å²) in [7, 11) is 0. The highest BCUT2D eigenvalue weighted by molar-refractivity contribution is 5.92. The summed E-state index contributed by atoms with van der Waals surface area (Å²) in [6.07, 6.45) is 6.69. The molecule has 122 valence electrons. The van der Waals surface area contributed by atoms with E-state index in [1.54, 1.807) is 35.2 Å². The van der Waals surface area contributed by atoms with Crippen LogP contribution in [-0.4, -0.2) is 15.7 Å². The second-order valence-corrected chi connectivity index (χ2v) is 5.37. The van der Waals surface area contributed by atoms with Gasteiger partial charge in [0.05, 0.1) is 17.3 Å². The van der Waals surface area contributed by atoms with Gasteiger partial charge in [-0.15, -0.1) is 0 Å². The highest BCUT2D eigenvalue weighted by Crippen LogP contribution is 2.10. The summed E-state index contributed by atoms with van der Waals surface area (Å²) in [5.74, 6) is -0.205. The van der Waals surface area contributed by atoms with Crippen molar-refractivity contribution < 1.29 is 4.79 Å². The van der Waals surface area contributed by atoms with Crippen molar-refractivity contribution in [2.75, 3.05) is 0 Å². The number of hydrogen-bond donors (Lipinski definition) is 1. The second-order valence-electron chi connectivity index (χ2n) is 5.37. The Morgan fingerprint density at radius 2 is 1.96 bits per heavy atom. The first-order valence-corrected chi connectivity index (χ1v) is 7.80. The predicted octanol–water partition coefficient (Wildman–Crippen LogP) is 3.07. The molecule has 1 amide bonds. The van der Waals surface area contributed by atoms with Crippen molar-refractivity contribution in [1.29, 1.82) is 5.26 Å². The fraction of sp³-hybridized carbons (Fsp3) is 0.0500. The molecule has 25 heavy (non-hydrogen) atoms. The molecule has 0 aliphatic carbocycles. The van der Waals surface area contributed by atoms with Crippen LogP contribution in [0.1, 0.15) is 16.7 Å². The third kappa shape index (κ3) is 4.21. The number of amides is 1. The molecule has 0 atom stereocenters. The van der Waals surface area contributed by atoms with E-state index < -0.39 is 0 Å². The van der Waals surface area contributed by atoms with Gasteiger partial charge in [-0.3, -0.25) is 4.79 Å². The SMILES string of the molecule is N#Cc1ccccc1/C=C/C(=O)NCc1ccc(-n2cccn2)cc1. The fourth-order valence-corrected chi connectivity index (χ4v) is 2.35. The Morgan fingerprint density at radius 3 is 2.68 bits per heavy atom. The number of rotatable bonds is 5. The first-order chi connectivity index (χ1) is 12.3. The molecule has 1 N–H and O–H groups in total. The molecule has 1 aromatic heterocycles. The van der Waals surface area contributed by atoms with Gasteiger partial charge in [0, 0.05) is 25.0 Å². The van der Waals surface area contributed by atoms with E-state index in [1.807, 2.05) is 42.6 Å². The van der Waals surface area contributed by atoms with E-state index in [1.165, 1.54) is 6.08 Å². The van der Waals surface area contributed by atoms with E-state index in [2.05, 4.69) is 16.5 Å². The minimum Gasteiger partial charge on any atom is -0.348 e. The lowest BCUT2D eigenvalue weighted by Crippen LogP contribution is -2.20. The van der Waals surface area contributed by atoms with Gasteiger partial charge in [0.2, 0.25) is 5.91 Å². The number of nitriles is 1. The average molecular weight is 328 g/mol. The lowest BCUT2D eigenvalue weighted by Gasteiger charge is -2.05. The van der Waals surface area contributed by atoms with Crippen LogP contribution in [0.3, 0.4) is 0 Å². The number of nitrogens with one attached hydrogen (secondary N) is 1. The van der Waals surface area contributed by atoms with Crippen molar-refractivity contribution in [3.05, 3.63) is 89.8 Å². The minimum atomic E-state index is -0.205. The molecule has 0 bridgehead atoms. The van der Waals surface area contributed by atoms with E-state index in [-0.39, 0.29) is 5.91 Å². The molecule has 5 heteroatoms. The van der Waals surface area contributed by atoms with Crippen LogP contribution in [0.2, 0.25) is 0 Å². The summed E-state index contributed by atoms with van der Waals surface area (Å²) in [5.41, 5.74) is 3.23. The van der Waals surface area contributed by atoms with Gasteiger partial charge >= 0.3 is 0 Å². The van der Waals surface area contributed by atoms with Gasteiger partial charge in [-0.05, 0) is 41.5 Å². The van der Waals surface area contributed by atoms with Crippen molar-refractivity contribution in [3.63, 3.8) is 0 Å². The van der Waals surface area contributed by atoms with E-state index >= 15 is 0 Å². The molecule has 0 fully saturated rings. The maximum absolute atomic E-state index is 11.9. The Labute approximate surface area is 145 Å². The van der Waals surface area contributed by atoms with Crippen LogP contribution < -0.4 is 5.32 Å². The Morgan fingerprint density at radius 1 is 1.16 bits per heavy atom. The topological polar surface area (TPSA) is 70.7 Å². The molecule has 1 heterocycles. The van der Waals surface area contributed by atoms with Crippen molar-refractivity contribution in [2.45, 2.75) is 6.54 Å². The van der Waals surface area contributed by atoms with Gasteiger partial charge in [0.1, 0.15) is 0 Å². The van der Waals surface area contributed by atoms with Crippen molar-refractivity contribution in [3.8, 4) is 11.8 Å². The summed E-state index contributed by atoms with van der Waals surface area (Å²) in [5, 5.41) is 16.0. The first-order valence-electron chi connectivity index (χ1n) is 7.80. The van der Waals surface area contributed by atoms with Gasteiger partial charge in [-0.25, -0.2) is 4.68 Å². The van der Waals surface area contributed by atoms with Crippen LogP contribution in [-0.2, 0) is 11.3 Å². The zero-order chi connectivity index (χ0) is 17.5. The number of hydrogen-bond acceptors (Lipinski definition) is 3. The molecule has 2 aromatic carbocycles. The largest absolute Gasteiger partial charge is 0.348 e. The Bertz CT molecular complexity index is 919. The Balaban J connectivity index is 1.57. The second kappa shape index (κ2) is 7.75. The molecule has 0 aliphatic rings. The zero-order valence-electron chi connectivity index (χ0n) is 13.5. The van der Waals surface area contributed by atoms with Crippen LogP contribution in [0, 0.1) is 11.3 Å². The molecule has 5 nitrogen and oxygen atoms in total. The number of nitrogens with zero attached hydrogens (tertiary/aromatic N) is 3. The summed E-state index contributed by atoms with van der Waals surface area (Å²) in [6, 6.07) is 18.9. The van der Waals surface area contributed by atoms with Crippen LogP contribution in [0.5, 0.6) is 0 Å². The van der Waals surface area contributed by atoms with Crippen LogP contribution in [0.4, 0.5) is 0 Å². The fourth-order valence-electron chi connectivity index (χ4n) is 2.35. The number of aromatic nitrogens is 2. The van der Waals surface area contributed by atoms with Crippen molar-refractivity contribution in [1.82, 2.24) is 15.1 Å². The molecule has 0 radical (unpaired) electrons. The van der Waals surface area contributed by atoms with Crippen LogP contribution in [0.15, 0.2) is 73.1 Å². The van der Waals surface area contributed by atoms with Gasteiger partial charge in [-0.1, -0.05) is 30.3 Å². The van der Waals surface area contributed by atoms with Crippen molar-refractivity contribution in [2.24, 2.45) is 0 Å². The lowest BCUT2D eigenvalue weighted by atomic mass is 10.1. The molecule has 3 aromatic rings. The summed E-state index contributed by atoms with van der Waals surface area (Å²) < 4.78 is 1.78. The summed E-state index contributed by atoms with van der Waals surface area (Å²) in [4.78, 5) is 11.9. The predicted molar refractivity (Wildman–Crippen MR) is 95.6 cm³/mol. The first kappa shape index (κ1) is 16.2. The maximum Gasteiger partial charge on any atom is 0.244 e. The molecular formula is C20H16N4O. The smallest absolute Gasteiger partial charge is 0.244 e. The van der Waals surface area contributed by atoms with E-state index in [0.29, 0.717) is 12.1 Å². The molecule has 3 rings (SSSR count). The van der Waals surface area contributed by atoms with Gasteiger partial charge in [0.15, 0.2) is 0 Å². The van der Waals surface area contributed by atoms with Crippen LogP contribution >= 0.6 is 0 Å². The van der Waals surface area contributed by atoms with E-state index in [0.717, 1.165) is 16.8 Å². The summed E-state index contributed by atoms with van der Waals surface area (Å²) in [6.45, 7) is 0.433. The lowest BCUT2D eigenvalue weighted by molar-refractivity contribution is -0.116. The maximum atomic E-state index is 11.9. The van der Waals surface area contributed by atoms with Crippen LogP contribution in [0.25, 0.3) is 11.8 Å². The molecular weight excluding hydrogens is 312 g/mol. The van der Waals surface area contributed by atoms with Gasteiger partial charge in [0.25, 0.3) is 0 Å². The molecule has 0 spiro atoms. The zero-order valence-corrected chi connectivity index (χ0v) is 13.5. The van der Waals surface area contributed by atoms with E-state index in [4.69, 9.17) is 5.26 Å². The summed E-state index contributed by atoms with van der Waals surface area (Å²) >= 11 is 0. The van der Waals surface area contributed by atoms with Gasteiger partial charge in [-0.2, -0.15) is 10.4 Å². The Hall–Kier alpha value is -3.65. The monoisotopic (exact) mass is 328 g/mol. The van der Waals surface area contributed by atoms with Crippen molar-refractivity contribution >= 4 is 12.0 Å². The van der Waals surface area contributed by atoms with Gasteiger partial charge < -0.3 is 5.32 Å².